The van der Waals surface area contributed by atoms with Crippen molar-refractivity contribution in [3.63, 3.8) is 0 Å². The van der Waals surface area contributed by atoms with E-state index in [1.807, 2.05) is 12.1 Å². The van der Waals surface area contributed by atoms with Gasteiger partial charge in [-0.15, -0.1) is 0 Å². The van der Waals surface area contributed by atoms with Crippen molar-refractivity contribution in [3.8, 4) is 0 Å². The summed E-state index contributed by atoms with van der Waals surface area (Å²) < 4.78 is 27.7. The lowest BCUT2D eigenvalue weighted by Crippen LogP contribution is -2.19. The molecule has 0 N–H and O–H groups in total. The summed E-state index contributed by atoms with van der Waals surface area (Å²) in [5, 5.41) is 0. The maximum atomic E-state index is 13.4. The van der Waals surface area contributed by atoms with Crippen molar-refractivity contribution in [2.24, 2.45) is 0 Å². The highest BCUT2D eigenvalue weighted by atomic mass is 79.9. The van der Waals surface area contributed by atoms with E-state index in [2.05, 4.69) is 15.9 Å². The highest BCUT2D eigenvalue weighted by Crippen LogP contribution is 2.46. The molecule has 0 spiro atoms. The number of alkyl halides is 2. The van der Waals surface area contributed by atoms with E-state index in [0.717, 1.165) is 10.0 Å². The van der Waals surface area contributed by atoms with Crippen LogP contribution in [0.5, 0.6) is 0 Å². The van der Waals surface area contributed by atoms with Crippen LogP contribution in [0.1, 0.15) is 30.7 Å². The predicted octanol–water partition coefficient (Wildman–Crippen LogP) is 4.35. The number of rotatable bonds is 1. The Morgan fingerprint density at radius 3 is 2.36 bits per heavy atom. The number of benzene rings is 1. The molecule has 1 aliphatic carbocycles. The molecular formula is C11H11BrF2. The first-order chi connectivity index (χ1) is 6.59. The molecule has 14 heavy (non-hydrogen) atoms. The molecule has 1 saturated carbocycles. The summed E-state index contributed by atoms with van der Waals surface area (Å²) in [6.45, 7) is 0. The minimum Gasteiger partial charge on any atom is -0.206 e. The summed E-state index contributed by atoms with van der Waals surface area (Å²) in [5.74, 6) is -3.08. The number of hydrogen-bond acceptors (Lipinski definition) is 0. The summed E-state index contributed by atoms with van der Waals surface area (Å²) in [5.41, 5.74) is 0.760. The molecule has 1 unspecified atom stereocenters. The maximum Gasteiger partial charge on any atom is 0.254 e. The molecule has 0 nitrogen and oxygen atoms in total. The smallest absolute Gasteiger partial charge is 0.206 e. The van der Waals surface area contributed by atoms with Crippen molar-refractivity contribution in [1.82, 2.24) is 0 Å². The van der Waals surface area contributed by atoms with E-state index in [-0.39, 0.29) is 6.42 Å². The molecular weight excluding hydrogens is 250 g/mol. The largest absolute Gasteiger partial charge is 0.254 e. The van der Waals surface area contributed by atoms with Crippen LogP contribution >= 0.6 is 15.9 Å². The van der Waals surface area contributed by atoms with Gasteiger partial charge in [0, 0.05) is 16.8 Å². The third-order valence-electron chi connectivity index (χ3n) is 2.79. The first-order valence-corrected chi connectivity index (χ1v) is 5.52. The van der Waals surface area contributed by atoms with Gasteiger partial charge in [0.2, 0.25) is 0 Å². The molecule has 0 heterocycles. The van der Waals surface area contributed by atoms with Crippen molar-refractivity contribution < 1.29 is 8.78 Å². The van der Waals surface area contributed by atoms with E-state index in [0.29, 0.717) is 12.8 Å². The minimum absolute atomic E-state index is 0.0354. The minimum atomic E-state index is -2.51. The van der Waals surface area contributed by atoms with E-state index in [1.54, 1.807) is 12.1 Å². The van der Waals surface area contributed by atoms with Crippen LogP contribution in [0.4, 0.5) is 8.78 Å². The summed E-state index contributed by atoms with van der Waals surface area (Å²) in [6, 6.07) is 7.22. The monoisotopic (exact) mass is 260 g/mol. The molecule has 0 amide bonds. The van der Waals surface area contributed by atoms with Crippen LogP contribution in [0.15, 0.2) is 28.7 Å². The molecule has 3 heteroatoms. The van der Waals surface area contributed by atoms with Gasteiger partial charge in [-0.2, -0.15) is 0 Å². The van der Waals surface area contributed by atoms with Gasteiger partial charge in [0.15, 0.2) is 0 Å². The normalized spacial score (nSPS) is 25.2. The third-order valence-corrected chi connectivity index (χ3v) is 3.31. The zero-order valence-corrected chi connectivity index (χ0v) is 9.23. The lowest BCUT2D eigenvalue weighted by Gasteiger charge is -2.19. The Labute approximate surface area is 90.4 Å². The highest BCUT2D eigenvalue weighted by molar-refractivity contribution is 9.10. The number of hydrogen-bond donors (Lipinski definition) is 0. The van der Waals surface area contributed by atoms with Gasteiger partial charge in [-0.05, 0) is 30.5 Å². The third kappa shape index (κ3) is 1.83. The maximum absolute atomic E-state index is 13.4. The Bertz CT molecular complexity index is 319. The quantitative estimate of drug-likeness (QED) is 0.704. The molecule has 1 aromatic rings. The summed E-state index contributed by atoms with van der Waals surface area (Å²) in [6.07, 6.45) is 1.27. The summed E-state index contributed by atoms with van der Waals surface area (Å²) in [7, 11) is 0. The molecule has 2 rings (SSSR count). The second-order valence-electron chi connectivity index (χ2n) is 3.76. The van der Waals surface area contributed by atoms with E-state index < -0.39 is 11.8 Å². The van der Waals surface area contributed by atoms with Gasteiger partial charge in [-0.25, -0.2) is 8.78 Å². The summed E-state index contributed by atoms with van der Waals surface area (Å²) in [4.78, 5) is 0. The summed E-state index contributed by atoms with van der Waals surface area (Å²) >= 11 is 3.30. The van der Waals surface area contributed by atoms with Crippen molar-refractivity contribution in [3.05, 3.63) is 34.3 Å². The SMILES string of the molecule is FC1(F)CCCC1c1ccc(Br)cc1. The predicted molar refractivity (Wildman–Crippen MR) is 55.7 cm³/mol. The molecule has 0 bridgehead atoms. The van der Waals surface area contributed by atoms with Crippen LogP contribution in [0, 0.1) is 0 Å². The van der Waals surface area contributed by atoms with Crippen molar-refractivity contribution >= 4 is 15.9 Å². The van der Waals surface area contributed by atoms with Crippen LogP contribution in [0.25, 0.3) is 0 Å². The lowest BCUT2D eigenvalue weighted by molar-refractivity contribution is -0.00895. The molecule has 1 atom stereocenters. The van der Waals surface area contributed by atoms with E-state index >= 15 is 0 Å². The van der Waals surface area contributed by atoms with E-state index in [1.165, 1.54) is 0 Å². The molecule has 1 fully saturated rings. The van der Waals surface area contributed by atoms with Crippen LogP contribution < -0.4 is 0 Å². The standard InChI is InChI=1S/C11H11BrF2/c12-9-5-3-8(4-6-9)10-2-1-7-11(10,13)14/h3-6,10H,1-2,7H2. The van der Waals surface area contributed by atoms with Crippen LogP contribution in [-0.2, 0) is 0 Å². The van der Waals surface area contributed by atoms with Crippen LogP contribution in [0.2, 0.25) is 0 Å². The average molecular weight is 261 g/mol. The Morgan fingerprint density at radius 1 is 1.21 bits per heavy atom. The van der Waals surface area contributed by atoms with Gasteiger partial charge in [-0.3, -0.25) is 0 Å². The van der Waals surface area contributed by atoms with Gasteiger partial charge in [-0.1, -0.05) is 28.1 Å². The molecule has 0 saturated heterocycles. The molecule has 0 aromatic heterocycles. The second-order valence-corrected chi connectivity index (χ2v) is 4.67. The average Bonchev–Trinajstić information content (AvgIpc) is 2.47. The topological polar surface area (TPSA) is 0 Å². The Balaban J connectivity index is 2.27. The van der Waals surface area contributed by atoms with E-state index in [4.69, 9.17) is 0 Å². The van der Waals surface area contributed by atoms with Crippen molar-refractivity contribution in [1.29, 1.82) is 0 Å². The van der Waals surface area contributed by atoms with Crippen LogP contribution in [-0.4, -0.2) is 5.92 Å². The Hall–Kier alpha value is -0.440. The van der Waals surface area contributed by atoms with Crippen molar-refractivity contribution in [2.45, 2.75) is 31.1 Å². The fourth-order valence-corrected chi connectivity index (χ4v) is 2.30. The fraction of sp³-hybridized carbons (Fsp3) is 0.455. The molecule has 1 aliphatic rings. The molecule has 0 radical (unpaired) electrons. The van der Waals surface area contributed by atoms with Gasteiger partial charge in [0.1, 0.15) is 0 Å². The highest BCUT2D eigenvalue weighted by Gasteiger charge is 2.44. The first-order valence-electron chi connectivity index (χ1n) is 4.73. The van der Waals surface area contributed by atoms with Gasteiger partial charge in [0.25, 0.3) is 5.92 Å². The fourth-order valence-electron chi connectivity index (χ4n) is 2.03. The van der Waals surface area contributed by atoms with E-state index in [9.17, 15) is 8.78 Å². The van der Waals surface area contributed by atoms with Gasteiger partial charge < -0.3 is 0 Å². The lowest BCUT2D eigenvalue weighted by atomic mass is 9.95. The zero-order chi connectivity index (χ0) is 10.2. The Morgan fingerprint density at radius 2 is 1.86 bits per heavy atom. The molecule has 1 aromatic carbocycles. The first kappa shape index (κ1) is 10.1. The number of halogens is 3. The van der Waals surface area contributed by atoms with Gasteiger partial charge >= 0.3 is 0 Å². The Kier molecular flexibility index (Phi) is 2.60. The zero-order valence-electron chi connectivity index (χ0n) is 7.64. The second kappa shape index (κ2) is 3.61. The molecule has 0 aliphatic heterocycles. The van der Waals surface area contributed by atoms with Crippen LogP contribution in [0.3, 0.4) is 0 Å². The van der Waals surface area contributed by atoms with Crippen molar-refractivity contribution in [2.75, 3.05) is 0 Å². The molecule has 76 valence electrons. The van der Waals surface area contributed by atoms with Gasteiger partial charge in [0.05, 0.1) is 0 Å².